The third kappa shape index (κ3) is 4.73. The van der Waals surface area contributed by atoms with Crippen molar-refractivity contribution in [2.45, 2.75) is 39.5 Å². The van der Waals surface area contributed by atoms with Crippen LogP contribution in [0.2, 0.25) is 0 Å². The Balaban J connectivity index is 1.43. The fraction of sp³-hybridized carbons (Fsp3) is 0.650. The van der Waals surface area contributed by atoms with Gasteiger partial charge in [-0.05, 0) is 68.7 Å². The number of likely N-dealkylation sites (tertiary alicyclic amines) is 2. The number of piperidine rings is 2. The second-order valence-corrected chi connectivity index (χ2v) is 7.74. The molecule has 1 aromatic carbocycles. The maximum absolute atomic E-state index is 12.4. The van der Waals surface area contributed by atoms with E-state index < -0.39 is 0 Å². The van der Waals surface area contributed by atoms with E-state index >= 15 is 0 Å². The van der Waals surface area contributed by atoms with E-state index in [0.717, 1.165) is 43.5 Å². The quantitative estimate of drug-likeness (QED) is 0.911. The van der Waals surface area contributed by atoms with E-state index in [2.05, 4.69) is 17.1 Å². The molecule has 0 unspecified atom stereocenters. The van der Waals surface area contributed by atoms with E-state index in [1.807, 2.05) is 36.1 Å². The maximum Gasteiger partial charge on any atom is 0.321 e. The average molecular weight is 329 g/mol. The SMILES string of the molecule is Cc1cccc(NC(=O)N2CCC(CN3CCC[C@@H](C)C3)CC2)c1. The van der Waals surface area contributed by atoms with Crippen LogP contribution in [0.3, 0.4) is 0 Å². The third-order valence-corrected chi connectivity index (χ3v) is 5.43. The lowest BCUT2D eigenvalue weighted by molar-refractivity contribution is 0.125. The largest absolute Gasteiger partial charge is 0.325 e. The van der Waals surface area contributed by atoms with Crippen molar-refractivity contribution in [2.75, 3.05) is 38.0 Å². The molecule has 2 aliphatic heterocycles. The van der Waals surface area contributed by atoms with E-state index in [1.165, 1.54) is 38.0 Å². The van der Waals surface area contributed by atoms with Crippen molar-refractivity contribution in [3.63, 3.8) is 0 Å². The highest BCUT2D eigenvalue weighted by Crippen LogP contribution is 2.23. The Hall–Kier alpha value is -1.55. The summed E-state index contributed by atoms with van der Waals surface area (Å²) in [5.41, 5.74) is 2.06. The number of urea groups is 1. The predicted molar refractivity (Wildman–Crippen MR) is 99.3 cm³/mol. The molecule has 1 N–H and O–H groups in total. The van der Waals surface area contributed by atoms with Crippen LogP contribution in [0.25, 0.3) is 0 Å². The second kappa shape index (κ2) is 8.02. The molecule has 2 fully saturated rings. The fourth-order valence-corrected chi connectivity index (χ4v) is 4.06. The smallest absolute Gasteiger partial charge is 0.321 e. The number of carbonyl (C=O) groups excluding carboxylic acids is 1. The van der Waals surface area contributed by atoms with Gasteiger partial charge in [-0.3, -0.25) is 0 Å². The first-order chi connectivity index (χ1) is 11.6. The van der Waals surface area contributed by atoms with Gasteiger partial charge in [-0.25, -0.2) is 4.79 Å². The first-order valence-corrected chi connectivity index (χ1v) is 9.45. The molecule has 0 spiro atoms. The molecule has 1 atom stereocenters. The molecular formula is C20H31N3O. The zero-order chi connectivity index (χ0) is 16.9. The average Bonchev–Trinajstić information content (AvgIpc) is 2.55. The van der Waals surface area contributed by atoms with Crippen LogP contribution in [0.4, 0.5) is 10.5 Å². The minimum Gasteiger partial charge on any atom is -0.325 e. The Morgan fingerprint density at radius 2 is 2.00 bits per heavy atom. The maximum atomic E-state index is 12.4. The monoisotopic (exact) mass is 329 g/mol. The number of anilines is 1. The van der Waals surface area contributed by atoms with Crippen molar-refractivity contribution in [3.05, 3.63) is 29.8 Å². The molecule has 0 aliphatic carbocycles. The van der Waals surface area contributed by atoms with Crippen LogP contribution in [0.5, 0.6) is 0 Å². The van der Waals surface area contributed by atoms with Crippen molar-refractivity contribution in [3.8, 4) is 0 Å². The zero-order valence-corrected chi connectivity index (χ0v) is 15.1. The summed E-state index contributed by atoms with van der Waals surface area (Å²) in [6.07, 6.45) is 4.99. The van der Waals surface area contributed by atoms with Crippen molar-refractivity contribution in [2.24, 2.45) is 11.8 Å². The molecule has 24 heavy (non-hydrogen) atoms. The highest BCUT2D eigenvalue weighted by atomic mass is 16.2. The van der Waals surface area contributed by atoms with Crippen LogP contribution in [0.1, 0.15) is 38.2 Å². The molecule has 0 bridgehead atoms. The molecule has 0 saturated carbocycles. The van der Waals surface area contributed by atoms with Gasteiger partial charge in [-0.15, -0.1) is 0 Å². The third-order valence-electron chi connectivity index (χ3n) is 5.43. The Kier molecular flexibility index (Phi) is 5.77. The summed E-state index contributed by atoms with van der Waals surface area (Å²) in [5, 5.41) is 3.03. The number of amides is 2. The number of hydrogen-bond donors (Lipinski definition) is 1. The number of hydrogen-bond acceptors (Lipinski definition) is 2. The molecule has 0 radical (unpaired) electrons. The van der Waals surface area contributed by atoms with Crippen molar-refractivity contribution in [1.29, 1.82) is 0 Å². The first-order valence-electron chi connectivity index (χ1n) is 9.45. The van der Waals surface area contributed by atoms with Gasteiger partial charge in [0.05, 0.1) is 0 Å². The van der Waals surface area contributed by atoms with Crippen molar-refractivity contribution in [1.82, 2.24) is 9.80 Å². The zero-order valence-electron chi connectivity index (χ0n) is 15.1. The van der Waals surface area contributed by atoms with Crippen LogP contribution in [-0.4, -0.2) is 48.6 Å². The summed E-state index contributed by atoms with van der Waals surface area (Å²) in [5.74, 6) is 1.59. The second-order valence-electron chi connectivity index (χ2n) is 7.74. The van der Waals surface area contributed by atoms with E-state index in [-0.39, 0.29) is 6.03 Å². The van der Waals surface area contributed by atoms with Crippen molar-refractivity contribution < 1.29 is 4.79 Å². The topological polar surface area (TPSA) is 35.6 Å². The number of carbonyl (C=O) groups is 1. The van der Waals surface area contributed by atoms with Crippen LogP contribution >= 0.6 is 0 Å². The Bertz CT molecular complexity index is 552. The van der Waals surface area contributed by atoms with E-state index in [1.54, 1.807) is 0 Å². The number of benzene rings is 1. The summed E-state index contributed by atoms with van der Waals surface area (Å²) in [6, 6.07) is 8.04. The molecule has 2 saturated heterocycles. The lowest BCUT2D eigenvalue weighted by atomic mass is 9.94. The summed E-state index contributed by atoms with van der Waals surface area (Å²) in [4.78, 5) is 17.0. The summed E-state index contributed by atoms with van der Waals surface area (Å²) < 4.78 is 0. The molecule has 2 aliphatic rings. The number of aryl methyl sites for hydroxylation is 1. The normalized spacial score (nSPS) is 23.2. The summed E-state index contributed by atoms with van der Waals surface area (Å²) >= 11 is 0. The fourth-order valence-electron chi connectivity index (χ4n) is 4.06. The van der Waals surface area contributed by atoms with Gasteiger partial charge in [0.25, 0.3) is 0 Å². The lowest BCUT2D eigenvalue weighted by Gasteiger charge is -2.37. The molecular weight excluding hydrogens is 298 g/mol. The number of rotatable bonds is 3. The minimum atomic E-state index is 0.0469. The van der Waals surface area contributed by atoms with Gasteiger partial charge in [0.2, 0.25) is 0 Å². The minimum absolute atomic E-state index is 0.0469. The van der Waals surface area contributed by atoms with E-state index in [4.69, 9.17) is 0 Å². The molecule has 4 nitrogen and oxygen atoms in total. The molecule has 2 amide bonds. The van der Waals surface area contributed by atoms with Crippen molar-refractivity contribution >= 4 is 11.7 Å². The van der Waals surface area contributed by atoms with Crippen LogP contribution in [0, 0.1) is 18.8 Å². The van der Waals surface area contributed by atoms with Crippen LogP contribution in [0.15, 0.2) is 24.3 Å². The Morgan fingerprint density at radius 3 is 2.71 bits per heavy atom. The molecule has 132 valence electrons. The van der Waals surface area contributed by atoms with Crippen LogP contribution in [-0.2, 0) is 0 Å². The lowest BCUT2D eigenvalue weighted by Crippen LogP contribution is -2.44. The van der Waals surface area contributed by atoms with Gasteiger partial charge in [0.1, 0.15) is 0 Å². The molecule has 2 heterocycles. The predicted octanol–water partition coefficient (Wildman–Crippen LogP) is 3.97. The van der Waals surface area contributed by atoms with Gasteiger partial charge in [0.15, 0.2) is 0 Å². The van der Waals surface area contributed by atoms with Gasteiger partial charge in [0, 0.05) is 31.9 Å². The van der Waals surface area contributed by atoms with E-state index in [0.29, 0.717) is 0 Å². The Morgan fingerprint density at radius 1 is 1.21 bits per heavy atom. The molecule has 4 heteroatoms. The van der Waals surface area contributed by atoms with Gasteiger partial charge in [-0.1, -0.05) is 19.1 Å². The Labute approximate surface area is 146 Å². The van der Waals surface area contributed by atoms with Gasteiger partial charge in [-0.2, -0.15) is 0 Å². The highest BCUT2D eigenvalue weighted by Gasteiger charge is 2.25. The van der Waals surface area contributed by atoms with Crippen LogP contribution < -0.4 is 5.32 Å². The van der Waals surface area contributed by atoms with E-state index in [9.17, 15) is 4.79 Å². The summed E-state index contributed by atoms with van der Waals surface area (Å²) in [6.45, 7) is 9.91. The number of nitrogens with one attached hydrogen (secondary N) is 1. The van der Waals surface area contributed by atoms with Gasteiger partial charge < -0.3 is 15.1 Å². The summed E-state index contributed by atoms with van der Waals surface area (Å²) in [7, 11) is 0. The molecule has 1 aromatic rings. The first kappa shape index (κ1) is 17.3. The number of nitrogens with zero attached hydrogens (tertiary/aromatic N) is 2. The standard InChI is InChI=1S/C20H31N3O/c1-16-5-3-7-19(13-16)21-20(24)23-11-8-18(9-12-23)15-22-10-4-6-17(2)14-22/h3,5,7,13,17-18H,4,6,8-12,14-15H2,1-2H3,(H,21,24)/t17-/m1/s1. The molecule has 0 aromatic heterocycles. The highest BCUT2D eigenvalue weighted by molar-refractivity contribution is 5.89. The van der Waals surface area contributed by atoms with Gasteiger partial charge >= 0.3 is 6.03 Å². The molecule has 3 rings (SSSR count).